The van der Waals surface area contributed by atoms with Crippen LogP contribution in [0.2, 0.25) is 0 Å². The van der Waals surface area contributed by atoms with Gasteiger partial charge in [-0.25, -0.2) is 0 Å². The minimum Gasteiger partial charge on any atom is -0.327 e. The van der Waals surface area contributed by atoms with Gasteiger partial charge in [0, 0.05) is 23.3 Å². The molecule has 2 aliphatic carbocycles. The van der Waals surface area contributed by atoms with Crippen molar-refractivity contribution in [3.63, 3.8) is 0 Å². The highest BCUT2D eigenvalue weighted by Gasteiger charge is 2.26. The van der Waals surface area contributed by atoms with Gasteiger partial charge in [0.1, 0.15) is 0 Å². The Bertz CT molecular complexity index is 355. The van der Waals surface area contributed by atoms with Crippen LogP contribution in [0, 0.1) is 0 Å². The summed E-state index contributed by atoms with van der Waals surface area (Å²) < 4.78 is 0. The fourth-order valence-corrected chi connectivity index (χ4v) is 2.26. The lowest BCUT2D eigenvalue weighted by atomic mass is 9.92. The zero-order valence-electron chi connectivity index (χ0n) is 8.37. The van der Waals surface area contributed by atoms with E-state index >= 15 is 0 Å². The second-order valence-electron chi connectivity index (χ2n) is 4.62. The van der Waals surface area contributed by atoms with Gasteiger partial charge in [0.25, 0.3) is 0 Å². The summed E-state index contributed by atoms with van der Waals surface area (Å²) in [5, 5.41) is 0. The molecule has 1 aromatic rings. The van der Waals surface area contributed by atoms with Gasteiger partial charge in [0.05, 0.1) is 0 Å². The summed E-state index contributed by atoms with van der Waals surface area (Å²) in [5.41, 5.74) is 9.95. The number of pyridine rings is 1. The van der Waals surface area contributed by atoms with Crippen molar-refractivity contribution in [2.45, 2.75) is 44.1 Å². The normalized spacial score (nSPS) is 25.9. The van der Waals surface area contributed by atoms with Gasteiger partial charge < -0.3 is 5.73 Å². The quantitative estimate of drug-likeness (QED) is 0.729. The molecule has 14 heavy (non-hydrogen) atoms. The third-order valence-electron chi connectivity index (χ3n) is 3.32. The van der Waals surface area contributed by atoms with Gasteiger partial charge in [0.2, 0.25) is 0 Å². The molecule has 1 aromatic heterocycles. The van der Waals surface area contributed by atoms with Crippen molar-refractivity contribution in [2.24, 2.45) is 5.73 Å². The van der Waals surface area contributed by atoms with E-state index in [0.29, 0.717) is 6.04 Å². The van der Waals surface area contributed by atoms with Gasteiger partial charge >= 0.3 is 0 Å². The number of nitrogens with two attached hydrogens (primary N) is 1. The predicted octanol–water partition coefficient (Wildman–Crippen LogP) is 1.77. The minimum absolute atomic E-state index is 0.357. The molecule has 0 aliphatic heterocycles. The van der Waals surface area contributed by atoms with E-state index in [9.17, 15) is 0 Å². The van der Waals surface area contributed by atoms with Gasteiger partial charge in [-0.15, -0.1) is 0 Å². The number of rotatable bonds is 1. The monoisotopic (exact) mass is 188 g/mol. The summed E-state index contributed by atoms with van der Waals surface area (Å²) in [4.78, 5) is 4.75. The number of nitrogens with zero attached hydrogens (tertiary/aromatic N) is 1. The van der Waals surface area contributed by atoms with Crippen LogP contribution < -0.4 is 5.73 Å². The topological polar surface area (TPSA) is 38.9 Å². The maximum atomic E-state index is 5.93. The Hall–Kier alpha value is -0.890. The van der Waals surface area contributed by atoms with Crippen molar-refractivity contribution in [1.29, 1.82) is 0 Å². The molecule has 0 aromatic carbocycles. The summed E-state index contributed by atoms with van der Waals surface area (Å²) in [6.07, 6.45) is 5.88. The van der Waals surface area contributed by atoms with Gasteiger partial charge in [-0.3, -0.25) is 4.98 Å². The molecule has 0 radical (unpaired) electrons. The van der Waals surface area contributed by atoms with Crippen LogP contribution in [0.4, 0.5) is 0 Å². The summed E-state index contributed by atoms with van der Waals surface area (Å²) in [6.45, 7) is 0. The van der Waals surface area contributed by atoms with Crippen molar-refractivity contribution in [3.8, 4) is 0 Å². The average Bonchev–Trinajstić information content (AvgIpc) is 3.00. The van der Waals surface area contributed by atoms with Gasteiger partial charge in [-0.1, -0.05) is 6.07 Å². The smallest absolute Gasteiger partial charge is 0.0440 e. The minimum atomic E-state index is 0.357. The average molecular weight is 188 g/mol. The third kappa shape index (κ3) is 1.44. The molecule has 74 valence electrons. The Balaban J connectivity index is 1.94. The van der Waals surface area contributed by atoms with Crippen LogP contribution in [0.3, 0.4) is 0 Å². The molecular weight excluding hydrogens is 172 g/mol. The zero-order chi connectivity index (χ0) is 9.54. The van der Waals surface area contributed by atoms with Crippen molar-refractivity contribution >= 4 is 0 Å². The molecule has 1 atom stereocenters. The second-order valence-corrected chi connectivity index (χ2v) is 4.62. The van der Waals surface area contributed by atoms with Crippen LogP contribution in [0.1, 0.15) is 42.1 Å². The maximum absolute atomic E-state index is 5.93. The molecule has 1 heterocycles. The highest BCUT2D eigenvalue weighted by molar-refractivity contribution is 5.29. The summed E-state index contributed by atoms with van der Waals surface area (Å²) in [7, 11) is 0. The molecule has 0 bridgehead atoms. The molecule has 2 N–H and O–H groups in total. The summed E-state index contributed by atoms with van der Waals surface area (Å²) >= 11 is 0. The largest absolute Gasteiger partial charge is 0.327 e. The van der Waals surface area contributed by atoms with E-state index in [1.165, 1.54) is 29.8 Å². The summed E-state index contributed by atoms with van der Waals surface area (Å²) in [5.74, 6) is 0.774. The van der Waals surface area contributed by atoms with Crippen molar-refractivity contribution in [1.82, 2.24) is 4.98 Å². The van der Waals surface area contributed by atoms with Crippen LogP contribution in [-0.2, 0) is 12.8 Å². The SMILES string of the molecule is NC1CCc2nc(C3CC3)ccc2C1. The van der Waals surface area contributed by atoms with Gasteiger partial charge in [-0.2, -0.15) is 0 Å². The number of fused-ring (bicyclic) bond motifs is 1. The fourth-order valence-electron chi connectivity index (χ4n) is 2.26. The lowest BCUT2D eigenvalue weighted by molar-refractivity contribution is 0.565. The number of aryl methyl sites for hydroxylation is 1. The van der Waals surface area contributed by atoms with E-state index in [4.69, 9.17) is 10.7 Å². The lowest BCUT2D eigenvalue weighted by Crippen LogP contribution is -2.28. The molecular formula is C12H16N2. The molecule has 2 nitrogen and oxygen atoms in total. The predicted molar refractivity (Wildman–Crippen MR) is 56.2 cm³/mol. The zero-order valence-corrected chi connectivity index (χ0v) is 8.37. The first-order valence-electron chi connectivity index (χ1n) is 5.57. The highest BCUT2D eigenvalue weighted by Crippen LogP contribution is 2.39. The Morgan fingerprint density at radius 1 is 1.21 bits per heavy atom. The van der Waals surface area contributed by atoms with E-state index in [1.54, 1.807) is 0 Å². The lowest BCUT2D eigenvalue weighted by Gasteiger charge is -2.20. The van der Waals surface area contributed by atoms with E-state index in [2.05, 4.69) is 12.1 Å². The Kier molecular flexibility index (Phi) is 1.84. The number of hydrogen-bond donors (Lipinski definition) is 1. The maximum Gasteiger partial charge on any atom is 0.0440 e. The summed E-state index contributed by atoms with van der Waals surface area (Å²) in [6, 6.07) is 4.81. The molecule has 2 aliphatic rings. The van der Waals surface area contributed by atoms with Gasteiger partial charge in [-0.05, 0) is 43.7 Å². The van der Waals surface area contributed by atoms with E-state index in [-0.39, 0.29) is 0 Å². The van der Waals surface area contributed by atoms with E-state index in [0.717, 1.165) is 25.2 Å². The fraction of sp³-hybridized carbons (Fsp3) is 0.583. The Labute approximate surface area is 84.5 Å². The Morgan fingerprint density at radius 3 is 2.86 bits per heavy atom. The molecule has 0 amide bonds. The first-order valence-corrected chi connectivity index (χ1v) is 5.57. The third-order valence-corrected chi connectivity index (χ3v) is 3.32. The molecule has 1 fully saturated rings. The van der Waals surface area contributed by atoms with Crippen molar-refractivity contribution in [3.05, 3.63) is 29.1 Å². The van der Waals surface area contributed by atoms with Crippen LogP contribution >= 0.6 is 0 Å². The second kappa shape index (κ2) is 3.06. The standard InChI is InChI=1S/C12H16N2/c13-10-4-6-12-9(7-10)3-5-11(14-12)8-1-2-8/h3,5,8,10H,1-2,4,6-7,13H2. The molecule has 1 saturated carbocycles. The van der Waals surface area contributed by atoms with Crippen LogP contribution in [-0.4, -0.2) is 11.0 Å². The highest BCUT2D eigenvalue weighted by atomic mass is 14.8. The number of hydrogen-bond acceptors (Lipinski definition) is 2. The molecule has 0 saturated heterocycles. The first kappa shape index (κ1) is 8.42. The molecule has 1 unspecified atom stereocenters. The van der Waals surface area contributed by atoms with E-state index in [1.807, 2.05) is 0 Å². The van der Waals surface area contributed by atoms with E-state index < -0.39 is 0 Å². The van der Waals surface area contributed by atoms with Gasteiger partial charge in [0.15, 0.2) is 0 Å². The van der Waals surface area contributed by atoms with Crippen LogP contribution in [0.5, 0.6) is 0 Å². The van der Waals surface area contributed by atoms with Crippen LogP contribution in [0.25, 0.3) is 0 Å². The van der Waals surface area contributed by atoms with Crippen LogP contribution in [0.15, 0.2) is 12.1 Å². The Morgan fingerprint density at radius 2 is 2.07 bits per heavy atom. The molecule has 2 heteroatoms. The molecule has 3 rings (SSSR count). The molecule has 0 spiro atoms. The van der Waals surface area contributed by atoms with Crippen molar-refractivity contribution in [2.75, 3.05) is 0 Å². The first-order chi connectivity index (χ1) is 6.83. The van der Waals surface area contributed by atoms with Crippen molar-refractivity contribution < 1.29 is 0 Å². The number of aromatic nitrogens is 1.